The Morgan fingerprint density at radius 2 is 1.55 bits per heavy atom. The zero-order valence-corrected chi connectivity index (χ0v) is 10.4. The maximum absolute atomic E-state index is 11.9. The topological polar surface area (TPSA) is 83.8 Å². The highest BCUT2D eigenvalue weighted by atomic mass is 16.5. The highest BCUT2D eigenvalue weighted by molar-refractivity contribution is 5.91. The maximum Gasteiger partial charge on any atom is 0.343 e. The van der Waals surface area contributed by atoms with Crippen molar-refractivity contribution in [2.75, 3.05) is 0 Å². The number of benzene rings is 2. The van der Waals surface area contributed by atoms with Gasteiger partial charge in [-0.1, -0.05) is 36.4 Å². The summed E-state index contributed by atoms with van der Waals surface area (Å²) in [7, 11) is 0. The van der Waals surface area contributed by atoms with E-state index in [1.807, 2.05) is 0 Å². The van der Waals surface area contributed by atoms with Gasteiger partial charge in [0.25, 0.3) is 0 Å². The lowest BCUT2D eigenvalue weighted by Crippen LogP contribution is -2.15. The molecule has 102 valence electrons. The predicted octanol–water partition coefficient (Wildman–Crippen LogP) is 2.02. The van der Waals surface area contributed by atoms with Crippen molar-refractivity contribution in [3.8, 4) is 5.75 Å². The molecule has 0 radical (unpaired) electrons. The fraction of sp³-hybridized carbons (Fsp3) is 0.0667. The standard InChI is InChI=1S/C15H12O5/c16-13(14(17)18)11-8-4-5-9-12(11)20-15(19)10-6-2-1-3-7-10/h1-9,13,16H,(H,17,18). The number of ether oxygens (including phenoxy) is 1. The van der Waals surface area contributed by atoms with Crippen molar-refractivity contribution in [2.45, 2.75) is 6.10 Å². The van der Waals surface area contributed by atoms with Crippen LogP contribution in [0.2, 0.25) is 0 Å². The molecule has 0 aliphatic heterocycles. The largest absolute Gasteiger partial charge is 0.479 e. The molecule has 0 heterocycles. The van der Waals surface area contributed by atoms with Gasteiger partial charge in [0.05, 0.1) is 5.56 Å². The average Bonchev–Trinajstić information content (AvgIpc) is 2.48. The van der Waals surface area contributed by atoms with Gasteiger partial charge in [0.15, 0.2) is 6.10 Å². The van der Waals surface area contributed by atoms with E-state index in [9.17, 15) is 14.7 Å². The number of aliphatic hydroxyl groups is 1. The van der Waals surface area contributed by atoms with Crippen molar-refractivity contribution < 1.29 is 24.5 Å². The van der Waals surface area contributed by atoms with Gasteiger partial charge < -0.3 is 14.9 Å². The number of hydrogen-bond donors (Lipinski definition) is 2. The lowest BCUT2D eigenvalue weighted by molar-refractivity contribution is -0.147. The number of esters is 1. The molecule has 5 nitrogen and oxygen atoms in total. The smallest absolute Gasteiger partial charge is 0.343 e. The third kappa shape index (κ3) is 3.02. The minimum Gasteiger partial charge on any atom is -0.479 e. The van der Waals surface area contributed by atoms with E-state index in [0.29, 0.717) is 5.56 Å². The van der Waals surface area contributed by atoms with Crippen LogP contribution in [0.3, 0.4) is 0 Å². The van der Waals surface area contributed by atoms with Crippen LogP contribution in [0, 0.1) is 0 Å². The number of carboxylic acids is 1. The van der Waals surface area contributed by atoms with E-state index in [4.69, 9.17) is 9.84 Å². The van der Waals surface area contributed by atoms with Crippen molar-refractivity contribution in [2.24, 2.45) is 0 Å². The van der Waals surface area contributed by atoms with Gasteiger partial charge in [0, 0.05) is 5.56 Å². The normalized spacial score (nSPS) is 11.7. The second kappa shape index (κ2) is 5.99. The average molecular weight is 272 g/mol. The van der Waals surface area contributed by atoms with Crippen LogP contribution < -0.4 is 4.74 Å². The van der Waals surface area contributed by atoms with E-state index >= 15 is 0 Å². The molecule has 2 N–H and O–H groups in total. The van der Waals surface area contributed by atoms with E-state index in [2.05, 4.69) is 0 Å². The number of para-hydroxylation sites is 1. The van der Waals surface area contributed by atoms with Gasteiger partial charge in [-0.3, -0.25) is 0 Å². The van der Waals surface area contributed by atoms with Gasteiger partial charge >= 0.3 is 11.9 Å². The van der Waals surface area contributed by atoms with Crippen LogP contribution >= 0.6 is 0 Å². The van der Waals surface area contributed by atoms with Crippen LogP contribution in [0.1, 0.15) is 22.0 Å². The number of rotatable bonds is 4. The molecule has 2 aromatic carbocycles. The zero-order chi connectivity index (χ0) is 14.5. The number of hydrogen-bond acceptors (Lipinski definition) is 4. The number of carboxylic acid groups (broad SMARTS) is 1. The third-order valence-corrected chi connectivity index (χ3v) is 2.66. The van der Waals surface area contributed by atoms with Crippen molar-refractivity contribution in [1.29, 1.82) is 0 Å². The number of aliphatic carboxylic acids is 1. The Labute approximate surface area is 115 Å². The van der Waals surface area contributed by atoms with Gasteiger partial charge in [-0.2, -0.15) is 0 Å². The van der Waals surface area contributed by atoms with Gasteiger partial charge in [-0.05, 0) is 18.2 Å². The van der Waals surface area contributed by atoms with Gasteiger partial charge in [0.1, 0.15) is 5.75 Å². The first-order valence-electron chi connectivity index (χ1n) is 5.86. The first-order chi connectivity index (χ1) is 9.59. The fourth-order valence-electron chi connectivity index (χ4n) is 1.67. The SMILES string of the molecule is O=C(Oc1ccccc1C(O)C(=O)O)c1ccccc1. The van der Waals surface area contributed by atoms with Crippen LogP contribution in [0.15, 0.2) is 54.6 Å². The third-order valence-electron chi connectivity index (χ3n) is 2.66. The van der Waals surface area contributed by atoms with Crippen molar-refractivity contribution in [1.82, 2.24) is 0 Å². The van der Waals surface area contributed by atoms with Crippen LogP contribution in [-0.4, -0.2) is 22.2 Å². The molecule has 2 aromatic rings. The molecular weight excluding hydrogens is 260 g/mol. The first kappa shape index (κ1) is 13.8. The first-order valence-corrected chi connectivity index (χ1v) is 5.86. The van der Waals surface area contributed by atoms with Crippen LogP contribution in [-0.2, 0) is 4.79 Å². The monoisotopic (exact) mass is 272 g/mol. The van der Waals surface area contributed by atoms with Gasteiger partial charge in [0.2, 0.25) is 0 Å². The summed E-state index contributed by atoms with van der Waals surface area (Å²) < 4.78 is 5.14. The molecule has 1 unspecified atom stereocenters. The van der Waals surface area contributed by atoms with E-state index in [-0.39, 0.29) is 11.3 Å². The molecule has 20 heavy (non-hydrogen) atoms. The molecule has 0 aliphatic rings. The van der Waals surface area contributed by atoms with Crippen molar-refractivity contribution in [3.63, 3.8) is 0 Å². The summed E-state index contributed by atoms with van der Waals surface area (Å²) in [4.78, 5) is 22.7. The Balaban J connectivity index is 2.26. The Bertz CT molecular complexity index is 621. The molecule has 0 aliphatic carbocycles. The van der Waals surface area contributed by atoms with Crippen LogP contribution in [0.4, 0.5) is 0 Å². The quantitative estimate of drug-likeness (QED) is 0.657. The molecule has 2 rings (SSSR count). The summed E-state index contributed by atoms with van der Waals surface area (Å²) in [5.74, 6) is -2.00. The summed E-state index contributed by atoms with van der Waals surface area (Å²) >= 11 is 0. The number of carbonyl (C=O) groups is 2. The molecule has 0 spiro atoms. The Hall–Kier alpha value is -2.66. The molecule has 0 amide bonds. The second-order valence-electron chi connectivity index (χ2n) is 4.03. The van der Waals surface area contributed by atoms with Crippen LogP contribution in [0.5, 0.6) is 5.75 Å². The second-order valence-corrected chi connectivity index (χ2v) is 4.03. The van der Waals surface area contributed by atoms with E-state index in [1.54, 1.807) is 42.5 Å². The Kier molecular flexibility index (Phi) is 4.12. The van der Waals surface area contributed by atoms with Crippen molar-refractivity contribution in [3.05, 3.63) is 65.7 Å². The summed E-state index contributed by atoms with van der Waals surface area (Å²) in [6, 6.07) is 14.3. The predicted molar refractivity (Wildman–Crippen MR) is 70.4 cm³/mol. The van der Waals surface area contributed by atoms with Crippen LogP contribution in [0.25, 0.3) is 0 Å². The molecule has 0 bridgehead atoms. The summed E-state index contributed by atoms with van der Waals surface area (Å²) in [5, 5.41) is 18.4. The fourth-order valence-corrected chi connectivity index (χ4v) is 1.67. The summed E-state index contributed by atoms with van der Waals surface area (Å²) in [5.41, 5.74) is 0.372. The number of aliphatic hydroxyl groups excluding tert-OH is 1. The number of carbonyl (C=O) groups excluding carboxylic acids is 1. The molecule has 5 heteroatoms. The lowest BCUT2D eigenvalue weighted by atomic mass is 10.1. The highest BCUT2D eigenvalue weighted by Gasteiger charge is 2.21. The Morgan fingerprint density at radius 1 is 0.950 bits per heavy atom. The molecule has 0 fully saturated rings. The highest BCUT2D eigenvalue weighted by Crippen LogP contribution is 2.26. The van der Waals surface area contributed by atoms with Gasteiger partial charge in [-0.25, -0.2) is 9.59 Å². The molecule has 0 saturated heterocycles. The molecular formula is C15H12O5. The summed E-state index contributed by atoms with van der Waals surface area (Å²) in [6.07, 6.45) is -1.74. The molecule has 0 aromatic heterocycles. The molecule has 0 saturated carbocycles. The minimum atomic E-state index is -1.74. The lowest BCUT2D eigenvalue weighted by Gasteiger charge is -2.12. The summed E-state index contributed by atoms with van der Waals surface area (Å²) in [6.45, 7) is 0. The maximum atomic E-state index is 11.9. The zero-order valence-electron chi connectivity index (χ0n) is 10.4. The van der Waals surface area contributed by atoms with E-state index < -0.39 is 18.0 Å². The van der Waals surface area contributed by atoms with E-state index in [0.717, 1.165) is 0 Å². The molecule has 1 atom stereocenters. The minimum absolute atomic E-state index is 0.0243. The van der Waals surface area contributed by atoms with Crippen molar-refractivity contribution >= 4 is 11.9 Å². The van der Waals surface area contributed by atoms with Gasteiger partial charge in [-0.15, -0.1) is 0 Å². The van der Waals surface area contributed by atoms with E-state index in [1.165, 1.54) is 12.1 Å². The Morgan fingerprint density at radius 3 is 2.20 bits per heavy atom.